The SMILES string of the molecule is COc1ccc(-c2noc(C3(C=O)CC3)c2-c2ccccc2)cc1. The van der Waals surface area contributed by atoms with Crippen LogP contribution in [0.2, 0.25) is 0 Å². The molecule has 1 saturated carbocycles. The van der Waals surface area contributed by atoms with E-state index in [1.807, 2.05) is 54.6 Å². The predicted molar refractivity (Wildman–Crippen MR) is 90.9 cm³/mol. The van der Waals surface area contributed by atoms with Crippen LogP contribution < -0.4 is 4.74 Å². The summed E-state index contributed by atoms with van der Waals surface area (Å²) in [5.41, 5.74) is 3.10. The van der Waals surface area contributed by atoms with E-state index in [0.29, 0.717) is 5.76 Å². The maximum Gasteiger partial charge on any atom is 0.158 e. The molecular formula is C20H17NO3. The Balaban J connectivity index is 1.89. The zero-order chi connectivity index (χ0) is 16.6. The van der Waals surface area contributed by atoms with Crippen LogP contribution in [0, 0.1) is 0 Å². The number of benzene rings is 2. The van der Waals surface area contributed by atoms with Crippen LogP contribution in [0.5, 0.6) is 5.75 Å². The first-order valence-corrected chi connectivity index (χ1v) is 7.94. The number of nitrogens with zero attached hydrogens (tertiary/aromatic N) is 1. The van der Waals surface area contributed by atoms with E-state index in [0.717, 1.165) is 47.3 Å². The molecule has 0 radical (unpaired) electrons. The summed E-state index contributed by atoms with van der Waals surface area (Å²) >= 11 is 0. The smallest absolute Gasteiger partial charge is 0.158 e. The molecule has 4 heteroatoms. The van der Waals surface area contributed by atoms with Gasteiger partial charge < -0.3 is 14.1 Å². The molecule has 0 atom stereocenters. The summed E-state index contributed by atoms with van der Waals surface area (Å²) in [5.74, 6) is 1.46. The van der Waals surface area contributed by atoms with Gasteiger partial charge >= 0.3 is 0 Å². The largest absolute Gasteiger partial charge is 0.497 e. The summed E-state index contributed by atoms with van der Waals surface area (Å²) in [5, 5.41) is 4.30. The number of methoxy groups -OCH3 is 1. The molecule has 1 heterocycles. The minimum atomic E-state index is -0.511. The van der Waals surface area contributed by atoms with Crippen LogP contribution in [-0.2, 0) is 10.2 Å². The van der Waals surface area contributed by atoms with Crippen molar-refractivity contribution in [3.8, 4) is 28.1 Å². The van der Waals surface area contributed by atoms with Gasteiger partial charge in [0.15, 0.2) is 5.76 Å². The number of carbonyl (C=O) groups is 1. The Kier molecular flexibility index (Phi) is 3.45. The first-order chi connectivity index (χ1) is 11.8. The van der Waals surface area contributed by atoms with Crippen LogP contribution in [0.3, 0.4) is 0 Å². The molecule has 0 spiro atoms. The average Bonchev–Trinajstić information content (AvgIpc) is 3.33. The lowest BCUT2D eigenvalue weighted by Gasteiger charge is -2.08. The Morgan fingerprint density at radius 1 is 1.04 bits per heavy atom. The minimum absolute atomic E-state index is 0.511. The number of carbonyl (C=O) groups excluding carboxylic acids is 1. The molecule has 4 nitrogen and oxygen atoms in total. The molecule has 0 N–H and O–H groups in total. The van der Waals surface area contributed by atoms with Gasteiger partial charge in [-0.05, 0) is 42.7 Å². The summed E-state index contributed by atoms with van der Waals surface area (Å²) in [6.45, 7) is 0. The number of hydrogen-bond acceptors (Lipinski definition) is 4. The summed E-state index contributed by atoms with van der Waals surface area (Å²) < 4.78 is 10.9. The fourth-order valence-electron chi connectivity index (χ4n) is 2.98. The van der Waals surface area contributed by atoms with Crippen molar-refractivity contribution in [1.82, 2.24) is 5.16 Å². The molecule has 0 amide bonds. The molecule has 1 aliphatic carbocycles. The van der Waals surface area contributed by atoms with Gasteiger partial charge in [0.25, 0.3) is 0 Å². The highest BCUT2D eigenvalue weighted by Crippen LogP contribution is 2.51. The molecule has 1 aromatic heterocycles. The highest BCUT2D eigenvalue weighted by Gasteiger charge is 2.50. The number of rotatable bonds is 5. The second-order valence-electron chi connectivity index (χ2n) is 6.10. The van der Waals surface area contributed by atoms with Gasteiger partial charge in [-0.15, -0.1) is 0 Å². The highest BCUT2D eigenvalue weighted by atomic mass is 16.5. The Bertz CT molecular complexity index is 862. The fourth-order valence-corrected chi connectivity index (χ4v) is 2.98. The van der Waals surface area contributed by atoms with Crippen molar-refractivity contribution in [1.29, 1.82) is 0 Å². The van der Waals surface area contributed by atoms with Crippen LogP contribution in [0.15, 0.2) is 59.1 Å². The van der Waals surface area contributed by atoms with Crippen molar-refractivity contribution in [2.75, 3.05) is 7.11 Å². The fraction of sp³-hybridized carbons (Fsp3) is 0.200. The van der Waals surface area contributed by atoms with Gasteiger partial charge in [0.05, 0.1) is 18.1 Å². The first kappa shape index (κ1) is 14.7. The van der Waals surface area contributed by atoms with Crippen molar-refractivity contribution in [3.05, 3.63) is 60.4 Å². The van der Waals surface area contributed by atoms with E-state index < -0.39 is 5.41 Å². The highest BCUT2D eigenvalue weighted by molar-refractivity contribution is 5.87. The standard InChI is InChI=1S/C20H17NO3/c1-23-16-9-7-15(8-10-16)18-17(14-5-3-2-4-6-14)19(24-21-18)20(13-22)11-12-20/h2-10,13H,11-12H2,1H3. The van der Waals surface area contributed by atoms with Gasteiger partial charge in [-0.25, -0.2) is 0 Å². The lowest BCUT2D eigenvalue weighted by atomic mass is 9.93. The maximum atomic E-state index is 11.6. The summed E-state index contributed by atoms with van der Waals surface area (Å²) in [6, 6.07) is 17.6. The van der Waals surface area contributed by atoms with Crippen LogP contribution in [-0.4, -0.2) is 18.6 Å². The topological polar surface area (TPSA) is 52.3 Å². The summed E-state index contributed by atoms with van der Waals surface area (Å²) in [7, 11) is 1.64. The molecule has 24 heavy (non-hydrogen) atoms. The van der Waals surface area contributed by atoms with E-state index in [2.05, 4.69) is 5.16 Å². The van der Waals surface area contributed by atoms with E-state index in [9.17, 15) is 4.79 Å². The second-order valence-corrected chi connectivity index (χ2v) is 6.10. The second kappa shape index (κ2) is 5.64. The molecule has 1 aliphatic rings. The van der Waals surface area contributed by atoms with Crippen molar-refractivity contribution < 1.29 is 14.1 Å². The van der Waals surface area contributed by atoms with Crippen LogP contribution in [0.25, 0.3) is 22.4 Å². The average molecular weight is 319 g/mol. The Labute approximate surface area is 140 Å². The number of aromatic nitrogens is 1. The maximum absolute atomic E-state index is 11.6. The molecular weight excluding hydrogens is 302 g/mol. The number of hydrogen-bond donors (Lipinski definition) is 0. The third-order valence-corrected chi connectivity index (χ3v) is 4.58. The summed E-state index contributed by atoms with van der Waals surface area (Å²) in [4.78, 5) is 11.6. The third kappa shape index (κ3) is 2.31. The van der Waals surface area contributed by atoms with E-state index in [1.54, 1.807) is 7.11 Å². The number of ether oxygens (including phenoxy) is 1. The molecule has 120 valence electrons. The van der Waals surface area contributed by atoms with E-state index in [4.69, 9.17) is 9.26 Å². The van der Waals surface area contributed by atoms with Gasteiger partial charge in [-0.1, -0.05) is 35.5 Å². The molecule has 0 bridgehead atoms. The molecule has 0 aliphatic heterocycles. The molecule has 4 rings (SSSR count). The van der Waals surface area contributed by atoms with Crippen LogP contribution in [0.1, 0.15) is 18.6 Å². The molecule has 3 aromatic rings. The normalized spacial score (nSPS) is 15.0. The zero-order valence-electron chi connectivity index (χ0n) is 13.4. The molecule has 0 unspecified atom stereocenters. The van der Waals surface area contributed by atoms with Gasteiger partial charge in [0.1, 0.15) is 17.7 Å². The van der Waals surface area contributed by atoms with Crippen molar-refractivity contribution >= 4 is 6.29 Å². The lowest BCUT2D eigenvalue weighted by Crippen LogP contribution is -2.07. The van der Waals surface area contributed by atoms with Crippen molar-refractivity contribution in [2.24, 2.45) is 0 Å². The summed E-state index contributed by atoms with van der Waals surface area (Å²) in [6.07, 6.45) is 2.62. The van der Waals surface area contributed by atoms with E-state index in [1.165, 1.54) is 0 Å². The van der Waals surface area contributed by atoms with E-state index >= 15 is 0 Å². The predicted octanol–water partition coefficient (Wildman–Crippen LogP) is 4.25. The molecule has 2 aromatic carbocycles. The van der Waals surface area contributed by atoms with Gasteiger partial charge in [-0.3, -0.25) is 0 Å². The Morgan fingerprint density at radius 3 is 2.33 bits per heavy atom. The zero-order valence-corrected chi connectivity index (χ0v) is 13.4. The van der Waals surface area contributed by atoms with E-state index in [-0.39, 0.29) is 0 Å². The van der Waals surface area contributed by atoms with Crippen molar-refractivity contribution in [3.63, 3.8) is 0 Å². The lowest BCUT2D eigenvalue weighted by molar-refractivity contribution is -0.110. The van der Waals surface area contributed by atoms with Gasteiger partial charge in [0, 0.05) is 5.56 Å². The molecule has 0 saturated heterocycles. The Hall–Kier alpha value is -2.88. The third-order valence-electron chi connectivity index (χ3n) is 4.58. The van der Waals surface area contributed by atoms with Crippen LogP contribution >= 0.6 is 0 Å². The van der Waals surface area contributed by atoms with Crippen molar-refractivity contribution in [2.45, 2.75) is 18.3 Å². The Morgan fingerprint density at radius 2 is 1.75 bits per heavy atom. The molecule has 1 fully saturated rings. The minimum Gasteiger partial charge on any atom is -0.497 e. The van der Waals surface area contributed by atoms with Gasteiger partial charge in [-0.2, -0.15) is 0 Å². The van der Waals surface area contributed by atoms with Crippen LogP contribution in [0.4, 0.5) is 0 Å². The van der Waals surface area contributed by atoms with Gasteiger partial charge in [0.2, 0.25) is 0 Å². The number of aldehydes is 1. The monoisotopic (exact) mass is 319 g/mol. The first-order valence-electron chi connectivity index (χ1n) is 7.94. The quantitative estimate of drug-likeness (QED) is 0.660.